The van der Waals surface area contributed by atoms with Gasteiger partial charge in [0.15, 0.2) is 0 Å². The van der Waals surface area contributed by atoms with Gasteiger partial charge in [0.05, 0.1) is 5.75 Å². The van der Waals surface area contributed by atoms with E-state index in [0.29, 0.717) is 28.6 Å². The second-order valence-corrected chi connectivity index (χ2v) is 8.40. The van der Waals surface area contributed by atoms with Crippen molar-refractivity contribution in [1.82, 2.24) is 4.90 Å². The molecule has 1 saturated heterocycles. The van der Waals surface area contributed by atoms with Gasteiger partial charge in [-0.25, -0.2) is 4.39 Å². The van der Waals surface area contributed by atoms with Gasteiger partial charge < -0.3 is 10.2 Å². The summed E-state index contributed by atoms with van der Waals surface area (Å²) in [6.45, 7) is 0.500. The Balaban J connectivity index is 1.46. The Morgan fingerprint density at radius 2 is 1.70 bits per heavy atom. The number of nitrogens with one attached hydrogen (secondary N) is 1. The molecule has 1 heterocycles. The first kappa shape index (κ1) is 20.4. The average Bonchev–Trinajstić information content (AvgIpc) is 3.11. The Kier molecular flexibility index (Phi) is 6.06. The molecule has 2 amide bonds. The maximum atomic E-state index is 13.0. The van der Waals surface area contributed by atoms with Crippen LogP contribution in [0.25, 0.3) is 0 Å². The van der Waals surface area contributed by atoms with Gasteiger partial charge in [0, 0.05) is 22.8 Å². The lowest BCUT2D eigenvalue weighted by Crippen LogP contribution is -2.27. The first-order chi connectivity index (χ1) is 14.5. The average molecular weight is 441 g/mol. The van der Waals surface area contributed by atoms with Crippen molar-refractivity contribution >= 4 is 40.9 Å². The molecule has 152 valence electrons. The third kappa shape index (κ3) is 4.66. The summed E-state index contributed by atoms with van der Waals surface area (Å²) in [4.78, 5) is 26.7. The van der Waals surface area contributed by atoms with E-state index in [1.165, 1.54) is 24.3 Å². The van der Waals surface area contributed by atoms with Gasteiger partial charge >= 0.3 is 0 Å². The standard InChI is InChI=1S/C23H18ClFN2O2S/c24-18-7-1-15(2-8-18)13-27-21(28)14-30-23(27)17-5-3-16(4-6-17)22(29)26-20-11-9-19(25)10-12-20/h1-12,23H,13-14H2,(H,26,29)/t23-/m0/s1. The van der Waals surface area contributed by atoms with Crippen LogP contribution in [0.2, 0.25) is 5.02 Å². The molecule has 0 aromatic heterocycles. The van der Waals surface area contributed by atoms with Crippen molar-refractivity contribution in [1.29, 1.82) is 0 Å². The van der Waals surface area contributed by atoms with Crippen LogP contribution in [0.3, 0.4) is 0 Å². The summed E-state index contributed by atoms with van der Waals surface area (Å²) in [5, 5.41) is 3.29. The molecule has 4 nitrogen and oxygen atoms in total. The number of anilines is 1. The molecule has 0 radical (unpaired) electrons. The summed E-state index contributed by atoms with van der Waals surface area (Å²) < 4.78 is 13.0. The Labute approximate surface area is 183 Å². The second-order valence-electron chi connectivity index (χ2n) is 6.89. The first-order valence-corrected chi connectivity index (χ1v) is 10.7. The van der Waals surface area contributed by atoms with E-state index in [9.17, 15) is 14.0 Å². The number of benzene rings is 3. The molecular weight excluding hydrogens is 423 g/mol. The predicted molar refractivity (Wildman–Crippen MR) is 118 cm³/mol. The highest BCUT2D eigenvalue weighted by molar-refractivity contribution is 8.00. The molecule has 1 N–H and O–H groups in total. The van der Waals surface area contributed by atoms with Gasteiger partial charge in [0.1, 0.15) is 11.2 Å². The van der Waals surface area contributed by atoms with Crippen LogP contribution in [0, 0.1) is 5.82 Å². The zero-order valence-electron chi connectivity index (χ0n) is 15.8. The van der Waals surface area contributed by atoms with Crippen LogP contribution < -0.4 is 5.32 Å². The van der Waals surface area contributed by atoms with Gasteiger partial charge in [-0.15, -0.1) is 11.8 Å². The van der Waals surface area contributed by atoms with E-state index >= 15 is 0 Å². The summed E-state index contributed by atoms with van der Waals surface area (Å²) in [5.41, 5.74) is 2.98. The van der Waals surface area contributed by atoms with Crippen LogP contribution in [0.5, 0.6) is 0 Å². The van der Waals surface area contributed by atoms with Gasteiger partial charge in [-0.2, -0.15) is 0 Å². The van der Waals surface area contributed by atoms with Crippen molar-refractivity contribution in [2.75, 3.05) is 11.1 Å². The molecule has 0 aliphatic carbocycles. The highest BCUT2D eigenvalue weighted by Gasteiger charge is 2.32. The topological polar surface area (TPSA) is 49.4 Å². The molecule has 30 heavy (non-hydrogen) atoms. The number of hydrogen-bond acceptors (Lipinski definition) is 3. The lowest BCUT2D eigenvalue weighted by Gasteiger charge is -2.24. The SMILES string of the molecule is O=C(Nc1ccc(F)cc1)c1ccc([C@@H]2SCC(=O)N2Cc2ccc(Cl)cc2)cc1. The zero-order chi connectivity index (χ0) is 21.1. The van der Waals surface area contributed by atoms with Crippen molar-refractivity contribution in [3.05, 3.63) is 100 Å². The lowest BCUT2D eigenvalue weighted by atomic mass is 10.1. The van der Waals surface area contributed by atoms with Crippen LogP contribution in [0.15, 0.2) is 72.8 Å². The molecule has 7 heteroatoms. The number of rotatable bonds is 5. The van der Waals surface area contributed by atoms with Gasteiger partial charge in [0.25, 0.3) is 5.91 Å². The molecule has 1 fully saturated rings. The fourth-order valence-corrected chi connectivity index (χ4v) is 4.54. The predicted octanol–water partition coefficient (Wildman–Crippen LogP) is 5.51. The molecule has 0 unspecified atom stereocenters. The highest BCUT2D eigenvalue weighted by atomic mass is 35.5. The third-order valence-corrected chi connectivity index (χ3v) is 6.30. The number of hydrogen-bond donors (Lipinski definition) is 1. The van der Waals surface area contributed by atoms with E-state index in [-0.39, 0.29) is 23.0 Å². The normalized spacial score (nSPS) is 16.0. The molecule has 3 aromatic rings. The molecule has 3 aromatic carbocycles. The van der Waals surface area contributed by atoms with Crippen molar-refractivity contribution in [2.45, 2.75) is 11.9 Å². The van der Waals surface area contributed by atoms with Crippen LogP contribution >= 0.6 is 23.4 Å². The van der Waals surface area contributed by atoms with E-state index in [4.69, 9.17) is 11.6 Å². The molecule has 0 bridgehead atoms. The Morgan fingerprint density at radius 1 is 1.03 bits per heavy atom. The van der Waals surface area contributed by atoms with Crippen LogP contribution in [-0.2, 0) is 11.3 Å². The summed E-state index contributed by atoms with van der Waals surface area (Å²) >= 11 is 7.51. The minimum absolute atomic E-state index is 0.0816. The van der Waals surface area contributed by atoms with Crippen LogP contribution in [0.1, 0.15) is 26.9 Å². The maximum absolute atomic E-state index is 13.0. The molecule has 1 atom stereocenters. The van der Waals surface area contributed by atoms with Gasteiger partial charge in [-0.3, -0.25) is 9.59 Å². The summed E-state index contributed by atoms with van der Waals surface area (Å²) in [5.74, 6) is -0.131. The van der Waals surface area contributed by atoms with E-state index in [1.54, 1.807) is 23.9 Å². The third-order valence-electron chi connectivity index (χ3n) is 4.79. The van der Waals surface area contributed by atoms with E-state index in [0.717, 1.165) is 11.1 Å². The Hall–Kier alpha value is -2.83. The molecular formula is C23H18ClFN2O2S. The summed E-state index contributed by atoms with van der Waals surface area (Å²) in [6.07, 6.45) is 0. The largest absolute Gasteiger partial charge is 0.322 e. The highest BCUT2D eigenvalue weighted by Crippen LogP contribution is 2.39. The quantitative estimate of drug-likeness (QED) is 0.569. The van der Waals surface area contributed by atoms with Gasteiger partial charge in [-0.1, -0.05) is 35.9 Å². The minimum Gasteiger partial charge on any atom is -0.322 e. The monoisotopic (exact) mass is 440 g/mol. The Bertz CT molecular complexity index is 1060. The molecule has 0 spiro atoms. The van der Waals surface area contributed by atoms with Crippen molar-refractivity contribution in [3.63, 3.8) is 0 Å². The lowest BCUT2D eigenvalue weighted by molar-refractivity contribution is -0.128. The van der Waals surface area contributed by atoms with Crippen molar-refractivity contribution in [2.24, 2.45) is 0 Å². The van der Waals surface area contributed by atoms with Crippen molar-refractivity contribution < 1.29 is 14.0 Å². The molecule has 0 saturated carbocycles. The smallest absolute Gasteiger partial charge is 0.255 e. The second kappa shape index (κ2) is 8.90. The fourth-order valence-electron chi connectivity index (χ4n) is 3.22. The van der Waals surface area contributed by atoms with E-state index in [1.807, 2.05) is 41.3 Å². The summed E-state index contributed by atoms with van der Waals surface area (Å²) in [6, 6.07) is 20.3. The molecule has 1 aliphatic heterocycles. The molecule has 1 aliphatic rings. The number of carbonyl (C=O) groups is 2. The summed E-state index contributed by atoms with van der Waals surface area (Å²) in [7, 11) is 0. The van der Waals surface area contributed by atoms with Gasteiger partial charge in [0.2, 0.25) is 5.91 Å². The first-order valence-electron chi connectivity index (χ1n) is 9.32. The minimum atomic E-state index is -0.357. The number of carbonyl (C=O) groups excluding carboxylic acids is 2. The van der Waals surface area contributed by atoms with Crippen LogP contribution in [0.4, 0.5) is 10.1 Å². The number of thioether (sulfide) groups is 1. The maximum Gasteiger partial charge on any atom is 0.255 e. The molecule has 4 rings (SSSR count). The fraction of sp³-hybridized carbons (Fsp3) is 0.130. The number of halogens is 2. The van der Waals surface area contributed by atoms with E-state index < -0.39 is 0 Å². The number of nitrogens with zero attached hydrogens (tertiary/aromatic N) is 1. The van der Waals surface area contributed by atoms with Crippen LogP contribution in [-0.4, -0.2) is 22.5 Å². The zero-order valence-corrected chi connectivity index (χ0v) is 17.4. The van der Waals surface area contributed by atoms with Gasteiger partial charge in [-0.05, 0) is 59.7 Å². The van der Waals surface area contributed by atoms with E-state index in [2.05, 4.69) is 5.32 Å². The Morgan fingerprint density at radius 3 is 2.37 bits per heavy atom. The van der Waals surface area contributed by atoms with Crippen molar-refractivity contribution in [3.8, 4) is 0 Å². The number of amides is 2.